The van der Waals surface area contributed by atoms with Gasteiger partial charge in [0.25, 0.3) is 0 Å². The summed E-state index contributed by atoms with van der Waals surface area (Å²) >= 11 is 0. The highest BCUT2D eigenvalue weighted by Gasteiger charge is 1.96. The molecule has 3 aromatic rings. The smallest absolute Gasteiger partial charge is 0.156 e. The molecule has 0 radical (unpaired) electrons. The Morgan fingerprint density at radius 2 is 1.94 bits per heavy atom. The Morgan fingerprint density at radius 1 is 1.17 bits per heavy atom. The molecule has 88 valence electrons. The molecule has 0 saturated heterocycles. The van der Waals surface area contributed by atoms with Crippen molar-refractivity contribution in [2.75, 3.05) is 0 Å². The Hall–Kier alpha value is -2.60. The van der Waals surface area contributed by atoms with E-state index in [1.807, 2.05) is 24.4 Å². The second-order valence-electron chi connectivity index (χ2n) is 3.75. The first-order valence-corrected chi connectivity index (χ1v) is 5.58. The van der Waals surface area contributed by atoms with E-state index >= 15 is 0 Å². The summed E-state index contributed by atoms with van der Waals surface area (Å²) in [4.78, 5) is 4.05. The summed E-state index contributed by atoms with van der Waals surface area (Å²) in [6.07, 6.45) is 8.67. The molecular weight excluding hydrogens is 222 g/mol. The molecule has 0 aliphatic heterocycles. The predicted octanol–water partition coefficient (Wildman–Crippen LogP) is 2.71. The van der Waals surface area contributed by atoms with E-state index < -0.39 is 0 Å². The summed E-state index contributed by atoms with van der Waals surface area (Å²) < 4.78 is 1.65. The minimum atomic E-state index is 0.615. The Kier molecular flexibility index (Phi) is 3.72. The first kappa shape index (κ1) is 11.9. The predicted molar refractivity (Wildman–Crippen MR) is 72.1 cm³/mol. The summed E-state index contributed by atoms with van der Waals surface area (Å²) in [5, 5.41) is 4.05. The van der Waals surface area contributed by atoms with Gasteiger partial charge in [-0.1, -0.05) is 35.9 Å². The van der Waals surface area contributed by atoms with Crippen LogP contribution in [0.15, 0.2) is 54.9 Å². The van der Waals surface area contributed by atoms with E-state index in [0.29, 0.717) is 5.69 Å². The first-order chi connectivity index (χ1) is 8.79. The topological polar surface area (TPSA) is 30.2 Å². The minimum absolute atomic E-state index is 0.615. The van der Waals surface area contributed by atoms with Gasteiger partial charge in [0.05, 0.1) is 0 Å². The van der Waals surface area contributed by atoms with Crippen LogP contribution < -0.4 is 0 Å². The molecule has 0 fully saturated rings. The van der Waals surface area contributed by atoms with Crippen LogP contribution in [0.3, 0.4) is 0 Å². The fourth-order valence-corrected chi connectivity index (χ4v) is 1.44. The van der Waals surface area contributed by atoms with Gasteiger partial charge in [-0.2, -0.15) is 5.10 Å². The Balaban J connectivity index is 0.000000149. The summed E-state index contributed by atoms with van der Waals surface area (Å²) in [5.41, 5.74) is 2.71. The average Bonchev–Trinajstić information content (AvgIpc) is 2.83. The number of hydrogen-bond acceptors (Lipinski definition) is 2. The molecule has 0 saturated carbocycles. The third-order valence-electron chi connectivity index (χ3n) is 2.32. The zero-order valence-electron chi connectivity index (χ0n) is 10.1. The van der Waals surface area contributed by atoms with Gasteiger partial charge < -0.3 is 0 Å². The quantitative estimate of drug-likeness (QED) is 0.561. The molecular formula is C15H13N3. The van der Waals surface area contributed by atoms with E-state index in [1.165, 1.54) is 5.56 Å². The van der Waals surface area contributed by atoms with E-state index in [9.17, 15) is 0 Å². The molecule has 0 atom stereocenters. The summed E-state index contributed by atoms with van der Waals surface area (Å²) in [6.45, 7) is 2.08. The van der Waals surface area contributed by atoms with Gasteiger partial charge in [-0.15, -0.1) is 6.42 Å². The molecule has 2 aromatic heterocycles. The van der Waals surface area contributed by atoms with E-state index in [1.54, 1.807) is 22.8 Å². The van der Waals surface area contributed by atoms with Crippen molar-refractivity contribution in [3.63, 3.8) is 0 Å². The van der Waals surface area contributed by atoms with Gasteiger partial charge in [-0.25, -0.2) is 9.50 Å². The maximum Gasteiger partial charge on any atom is 0.156 e. The number of nitrogens with zero attached hydrogens (tertiary/aromatic N) is 3. The standard InChI is InChI=1S/C8H5N3.C7H8/c1-2-7-6-8-9-4-3-5-11(8)10-7;1-7-5-3-2-4-6-7/h1,3-6H;2-6H,1H3. The van der Waals surface area contributed by atoms with E-state index in [2.05, 4.69) is 35.1 Å². The van der Waals surface area contributed by atoms with Crippen LogP contribution in [-0.2, 0) is 0 Å². The fourth-order valence-electron chi connectivity index (χ4n) is 1.44. The van der Waals surface area contributed by atoms with E-state index in [0.717, 1.165) is 5.65 Å². The fraction of sp³-hybridized carbons (Fsp3) is 0.0667. The highest BCUT2D eigenvalue weighted by molar-refractivity contribution is 5.43. The van der Waals surface area contributed by atoms with Gasteiger partial charge >= 0.3 is 0 Å². The number of aromatic nitrogens is 3. The van der Waals surface area contributed by atoms with Crippen LogP contribution in [-0.4, -0.2) is 14.6 Å². The van der Waals surface area contributed by atoms with Gasteiger partial charge in [0.15, 0.2) is 5.65 Å². The number of rotatable bonds is 0. The number of aryl methyl sites for hydroxylation is 1. The van der Waals surface area contributed by atoms with E-state index in [4.69, 9.17) is 6.42 Å². The molecule has 1 aromatic carbocycles. The molecule has 3 rings (SSSR count). The molecule has 0 N–H and O–H groups in total. The van der Waals surface area contributed by atoms with Crippen molar-refractivity contribution >= 4 is 5.65 Å². The van der Waals surface area contributed by atoms with Crippen molar-refractivity contribution in [3.05, 3.63) is 66.1 Å². The van der Waals surface area contributed by atoms with Crippen LogP contribution in [0, 0.1) is 19.3 Å². The number of benzene rings is 1. The lowest BCUT2D eigenvalue weighted by atomic mass is 10.2. The highest BCUT2D eigenvalue weighted by atomic mass is 15.2. The van der Waals surface area contributed by atoms with Crippen molar-refractivity contribution < 1.29 is 0 Å². The third-order valence-corrected chi connectivity index (χ3v) is 2.32. The van der Waals surface area contributed by atoms with E-state index in [-0.39, 0.29) is 0 Å². The highest BCUT2D eigenvalue weighted by Crippen LogP contribution is 2.00. The Bertz CT molecular complexity index is 630. The third kappa shape index (κ3) is 2.96. The Morgan fingerprint density at radius 3 is 2.50 bits per heavy atom. The van der Waals surface area contributed by atoms with Crippen molar-refractivity contribution in [2.45, 2.75) is 6.92 Å². The van der Waals surface area contributed by atoms with Crippen LogP contribution in [0.2, 0.25) is 0 Å². The van der Waals surface area contributed by atoms with Crippen LogP contribution in [0.1, 0.15) is 11.3 Å². The second kappa shape index (κ2) is 5.65. The molecule has 18 heavy (non-hydrogen) atoms. The SMILES string of the molecule is C#Cc1cc2ncccn2n1.Cc1ccccc1. The molecule has 0 bridgehead atoms. The minimum Gasteiger partial charge on any atom is -0.237 e. The molecule has 0 unspecified atom stereocenters. The Labute approximate surface area is 106 Å². The van der Waals surface area contributed by atoms with Crippen molar-refractivity contribution in [3.8, 4) is 12.3 Å². The lowest BCUT2D eigenvalue weighted by Crippen LogP contribution is -1.86. The normalized spacial score (nSPS) is 9.33. The van der Waals surface area contributed by atoms with Crippen LogP contribution in [0.5, 0.6) is 0 Å². The zero-order valence-corrected chi connectivity index (χ0v) is 10.1. The second-order valence-corrected chi connectivity index (χ2v) is 3.75. The van der Waals surface area contributed by atoms with Crippen LogP contribution in [0.25, 0.3) is 5.65 Å². The molecule has 0 aliphatic rings. The average molecular weight is 235 g/mol. The molecule has 3 nitrogen and oxygen atoms in total. The molecule has 0 aliphatic carbocycles. The van der Waals surface area contributed by atoms with Crippen LogP contribution in [0.4, 0.5) is 0 Å². The maximum atomic E-state index is 5.16. The maximum absolute atomic E-state index is 5.16. The van der Waals surface area contributed by atoms with Gasteiger partial charge in [0.1, 0.15) is 5.69 Å². The lowest BCUT2D eigenvalue weighted by molar-refractivity contribution is 0.932. The number of terminal acetylenes is 1. The number of fused-ring (bicyclic) bond motifs is 1. The zero-order chi connectivity index (χ0) is 12.8. The van der Waals surface area contributed by atoms with Gasteiger partial charge in [-0.05, 0) is 18.9 Å². The van der Waals surface area contributed by atoms with Gasteiger partial charge in [-0.3, -0.25) is 0 Å². The molecule has 2 heterocycles. The monoisotopic (exact) mass is 235 g/mol. The van der Waals surface area contributed by atoms with Crippen molar-refractivity contribution in [1.82, 2.24) is 14.6 Å². The largest absolute Gasteiger partial charge is 0.237 e. The van der Waals surface area contributed by atoms with Gasteiger partial charge in [0.2, 0.25) is 0 Å². The van der Waals surface area contributed by atoms with Crippen molar-refractivity contribution in [2.24, 2.45) is 0 Å². The van der Waals surface area contributed by atoms with Gasteiger partial charge in [0, 0.05) is 18.5 Å². The molecule has 3 heteroatoms. The van der Waals surface area contributed by atoms with Crippen molar-refractivity contribution in [1.29, 1.82) is 0 Å². The number of hydrogen-bond donors (Lipinski definition) is 0. The molecule has 0 amide bonds. The van der Waals surface area contributed by atoms with Crippen LogP contribution >= 0.6 is 0 Å². The molecule has 0 spiro atoms. The first-order valence-electron chi connectivity index (χ1n) is 5.58. The summed E-state index contributed by atoms with van der Waals surface area (Å²) in [6, 6.07) is 13.8. The summed E-state index contributed by atoms with van der Waals surface area (Å²) in [7, 11) is 0. The lowest BCUT2D eigenvalue weighted by Gasteiger charge is -1.85. The summed E-state index contributed by atoms with van der Waals surface area (Å²) in [5.74, 6) is 2.44.